The van der Waals surface area contributed by atoms with Gasteiger partial charge in [-0.2, -0.15) is 0 Å². The number of carbonyl (C=O) groups excluding carboxylic acids is 5. The minimum absolute atomic E-state index is 0.00182. The normalized spacial score (nSPS) is 27.1. The average Bonchev–Trinajstić information content (AvgIpc) is 3.72. The summed E-state index contributed by atoms with van der Waals surface area (Å²) in [7, 11) is -2.95. The Bertz CT molecular complexity index is 1390. The van der Waals surface area contributed by atoms with Crippen LogP contribution in [0, 0.1) is 0 Å². The van der Waals surface area contributed by atoms with E-state index in [0.29, 0.717) is 5.06 Å². The third-order valence-corrected chi connectivity index (χ3v) is 8.14. The number of hydroxylamine groups is 2. The van der Waals surface area contributed by atoms with E-state index in [0.717, 1.165) is 0 Å². The van der Waals surface area contributed by atoms with Gasteiger partial charge in [-0.15, -0.1) is 5.06 Å². The Morgan fingerprint density at radius 2 is 1.76 bits per heavy atom. The minimum atomic E-state index is -4.42. The molecule has 4 aliphatic rings. The number of hydrogen-bond acceptors (Lipinski definition) is 17. The number of imide groups is 1. The summed E-state index contributed by atoms with van der Waals surface area (Å²) >= 11 is 0. The summed E-state index contributed by atoms with van der Waals surface area (Å²) in [4.78, 5) is 83.5. The molecule has 3 fully saturated rings. The third-order valence-electron chi connectivity index (χ3n) is 7.15. The lowest BCUT2D eigenvalue weighted by Gasteiger charge is -2.30. The van der Waals surface area contributed by atoms with Gasteiger partial charge in [0.15, 0.2) is 18.2 Å². The lowest BCUT2D eigenvalue weighted by Crippen LogP contribution is -2.49. The molecular weight excluding hydrogens is 679 g/mol. The van der Waals surface area contributed by atoms with Crippen LogP contribution in [-0.4, -0.2) is 135 Å². The van der Waals surface area contributed by atoms with E-state index in [9.17, 15) is 33.4 Å². The molecule has 22 nitrogen and oxygen atoms in total. The van der Waals surface area contributed by atoms with Crippen LogP contribution in [0.3, 0.4) is 0 Å². The quantitative estimate of drug-likeness (QED) is 0.0637. The van der Waals surface area contributed by atoms with E-state index in [2.05, 4.69) is 20.6 Å². The van der Waals surface area contributed by atoms with Crippen molar-refractivity contribution in [3.63, 3.8) is 0 Å². The lowest BCUT2D eigenvalue weighted by molar-refractivity contribution is -0.197. The number of ether oxygens (including phenoxy) is 4. The third kappa shape index (κ3) is 10.4. The Balaban J connectivity index is 1.07. The first-order valence-electron chi connectivity index (χ1n) is 15.2. The van der Waals surface area contributed by atoms with Gasteiger partial charge in [0, 0.05) is 45.8 Å². The van der Waals surface area contributed by atoms with Crippen LogP contribution in [0.2, 0.25) is 0 Å². The van der Waals surface area contributed by atoms with Gasteiger partial charge < -0.3 is 50.8 Å². The highest BCUT2D eigenvalue weighted by molar-refractivity contribution is 7.47. The van der Waals surface area contributed by atoms with Crippen LogP contribution in [0.15, 0.2) is 21.5 Å². The van der Waals surface area contributed by atoms with E-state index in [1.54, 1.807) is 0 Å². The highest BCUT2D eigenvalue weighted by atomic mass is 31.2. The molecule has 5 atom stereocenters. The van der Waals surface area contributed by atoms with Gasteiger partial charge in [0.05, 0.1) is 39.4 Å². The van der Waals surface area contributed by atoms with Crippen molar-refractivity contribution in [2.75, 3.05) is 53.2 Å². The maximum Gasteiger partial charge on any atom is 0.472 e. The Morgan fingerprint density at radius 1 is 1.08 bits per heavy atom. The molecule has 0 aromatic carbocycles. The lowest BCUT2D eigenvalue weighted by atomic mass is 10.1. The number of fused-ring (bicyclic) bond motifs is 1. The van der Waals surface area contributed by atoms with Crippen molar-refractivity contribution >= 4 is 49.8 Å². The number of aliphatic imine (C=N–C) groups is 2. The molecule has 0 aromatic rings. The molecule has 7 N–H and O–H groups in total. The Morgan fingerprint density at radius 3 is 2.41 bits per heavy atom. The number of nitrogens with zero attached hydrogens (tertiary/aromatic N) is 4. The van der Waals surface area contributed by atoms with Gasteiger partial charge in [-0.05, 0) is 6.42 Å². The van der Waals surface area contributed by atoms with E-state index in [-0.39, 0.29) is 101 Å². The molecule has 5 unspecified atom stereocenters. The minimum Gasteiger partial charge on any atom is -0.438 e. The first kappa shape index (κ1) is 37.6. The van der Waals surface area contributed by atoms with E-state index in [4.69, 9.17) is 44.3 Å². The standard InChI is InChI=1S/C26H39N8O14P/c1-29-24-20(23(27)28)32-14-33(24)25-22(21-15(45-25)13-44-49(40,41)48-21)46-26(39)31-8-10-43-12-11-42-9-7-30-16(35)3-2-4-19(38)47-34-17(36)5-6-18(34)37/h14-15,21-22,25H,2-13,27-28H2,1H3,(H,30,35)(H,31,39)(H,40,41)/b29-24+. The second-order valence-corrected chi connectivity index (χ2v) is 12.1. The van der Waals surface area contributed by atoms with Gasteiger partial charge in [0.1, 0.15) is 23.7 Å². The maximum absolute atomic E-state index is 12.7. The highest BCUT2D eigenvalue weighted by Gasteiger charge is 2.57. The second-order valence-electron chi connectivity index (χ2n) is 10.7. The summed E-state index contributed by atoms with van der Waals surface area (Å²) in [6.07, 6.45) is -3.79. The zero-order valence-electron chi connectivity index (χ0n) is 26.5. The van der Waals surface area contributed by atoms with Crippen molar-refractivity contribution in [1.29, 1.82) is 0 Å². The van der Waals surface area contributed by atoms with Crippen molar-refractivity contribution < 1.29 is 66.3 Å². The number of phosphoric ester groups is 1. The fraction of sp³-hybridized carbons (Fsp3) is 0.654. The largest absolute Gasteiger partial charge is 0.472 e. The molecule has 3 saturated heterocycles. The summed E-state index contributed by atoms with van der Waals surface area (Å²) < 4.78 is 44.5. The number of rotatable bonds is 16. The fourth-order valence-electron chi connectivity index (χ4n) is 4.90. The van der Waals surface area contributed by atoms with Crippen LogP contribution < -0.4 is 22.1 Å². The molecule has 0 aromatic heterocycles. The van der Waals surface area contributed by atoms with E-state index >= 15 is 0 Å². The van der Waals surface area contributed by atoms with Crippen LogP contribution in [0.1, 0.15) is 32.1 Å². The van der Waals surface area contributed by atoms with E-state index in [1.807, 2.05) is 0 Å². The molecule has 0 spiro atoms. The number of nitrogens with one attached hydrogen (secondary N) is 2. The molecule has 4 amide bonds. The number of alkyl carbamates (subject to hydrolysis) is 1. The Kier molecular flexibility index (Phi) is 13.4. The monoisotopic (exact) mass is 718 g/mol. The zero-order chi connectivity index (χ0) is 35.6. The maximum atomic E-state index is 12.7. The fourth-order valence-corrected chi connectivity index (χ4v) is 5.86. The molecule has 23 heteroatoms. The molecule has 4 rings (SSSR count). The topological polar surface area (TPSA) is 295 Å². The number of phosphoric acid groups is 1. The summed E-state index contributed by atoms with van der Waals surface area (Å²) in [5.74, 6) is -2.11. The first-order chi connectivity index (χ1) is 23.4. The molecule has 0 saturated carbocycles. The second kappa shape index (κ2) is 17.5. The van der Waals surface area contributed by atoms with Gasteiger partial charge in [-0.3, -0.25) is 33.3 Å². The molecule has 4 aliphatic heterocycles. The van der Waals surface area contributed by atoms with Crippen LogP contribution >= 0.6 is 7.82 Å². The van der Waals surface area contributed by atoms with Gasteiger partial charge >= 0.3 is 19.9 Å². The number of hydrogen-bond donors (Lipinski definition) is 5. The van der Waals surface area contributed by atoms with Crippen LogP contribution in [0.25, 0.3) is 0 Å². The number of nitrogens with two attached hydrogens (primary N) is 2. The summed E-state index contributed by atoms with van der Waals surface area (Å²) in [6.45, 7) is 0.650. The first-order valence-corrected chi connectivity index (χ1v) is 16.7. The predicted molar refractivity (Wildman–Crippen MR) is 162 cm³/mol. The zero-order valence-corrected chi connectivity index (χ0v) is 27.4. The number of amidine groups is 1. The summed E-state index contributed by atoms with van der Waals surface area (Å²) in [5, 5.41) is 5.61. The number of amides is 4. The van der Waals surface area contributed by atoms with Gasteiger partial charge in [-0.25, -0.2) is 19.1 Å². The Hall–Kier alpha value is -4.18. The molecule has 0 bridgehead atoms. The van der Waals surface area contributed by atoms with E-state index < -0.39 is 56.2 Å². The van der Waals surface area contributed by atoms with Crippen molar-refractivity contribution in [2.45, 2.75) is 56.6 Å². The van der Waals surface area contributed by atoms with Gasteiger partial charge in [-0.1, -0.05) is 0 Å². The van der Waals surface area contributed by atoms with Crippen LogP contribution in [0.5, 0.6) is 0 Å². The summed E-state index contributed by atoms with van der Waals surface area (Å²) in [5.41, 5.74) is 11.6. The van der Waals surface area contributed by atoms with Crippen molar-refractivity contribution in [2.24, 2.45) is 21.5 Å². The average molecular weight is 719 g/mol. The molecule has 0 aliphatic carbocycles. The predicted octanol–water partition coefficient (Wildman–Crippen LogP) is -2.29. The SMILES string of the molecule is C/N=C1\C(=C(N)N)N=CN1C1OC2COP(=O)(O)OC2C1OC(=O)NCCOCCOCCNC(=O)CCCC(=O)ON1C(=O)CCC1=O. The van der Waals surface area contributed by atoms with Crippen molar-refractivity contribution in [3.05, 3.63) is 11.5 Å². The molecule has 0 radical (unpaired) electrons. The Labute approximate surface area is 279 Å². The molecule has 49 heavy (non-hydrogen) atoms. The molecular formula is C26H39N8O14P. The van der Waals surface area contributed by atoms with E-state index in [1.165, 1.54) is 18.3 Å². The van der Waals surface area contributed by atoms with Crippen molar-refractivity contribution in [1.82, 2.24) is 20.6 Å². The number of carbonyl (C=O) groups is 5. The van der Waals surface area contributed by atoms with Gasteiger partial charge in [0.25, 0.3) is 11.8 Å². The van der Waals surface area contributed by atoms with Crippen LogP contribution in [-0.2, 0) is 56.6 Å². The summed E-state index contributed by atoms with van der Waals surface area (Å²) in [6, 6.07) is 0. The molecule has 272 valence electrons. The van der Waals surface area contributed by atoms with Crippen LogP contribution in [0.4, 0.5) is 4.79 Å². The smallest absolute Gasteiger partial charge is 0.438 e. The highest BCUT2D eigenvalue weighted by Crippen LogP contribution is 2.52. The molecule has 4 heterocycles. The van der Waals surface area contributed by atoms with Gasteiger partial charge in [0.2, 0.25) is 5.91 Å². The van der Waals surface area contributed by atoms with Crippen molar-refractivity contribution in [3.8, 4) is 0 Å².